The highest BCUT2D eigenvalue weighted by molar-refractivity contribution is 5.88. The molecule has 1 unspecified atom stereocenters. The molecular formula is C32H46O2. The Morgan fingerprint density at radius 1 is 1.00 bits per heavy atom. The van der Waals surface area contributed by atoms with Crippen LogP contribution in [0.4, 0.5) is 0 Å². The Balaban J connectivity index is 0.00000137. The third-order valence-electron chi connectivity index (χ3n) is 6.96. The van der Waals surface area contributed by atoms with Crippen LogP contribution in [0, 0.1) is 11.3 Å². The van der Waals surface area contributed by atoms with Crippen molar-refractivity contribution in [3.63, 3.8) is 0 Å². The van der Waals surface area contributed by atoms with Gasteiger partial charge in [-0.25, -0.2) is 4.79 Å². The number of benzene rings is 2. The SMILES string of the molecule is CC.CC.CCC(C)(C)C1CCC(C)=C(/C=C(\Cc2cccc(C(=O)O)c2)c2ccccc2)C1. The summed E-state index contributed by atoms with van der Waals surface area (Å²) in [5.41, 5.74) is 7.13. The van der Waals surface area contributed by atoms with Crippen LogP contribution in [0.15, 0.2) is 71.8 Å². The lowest BCUT2D eigenvalue weighted by Crippen LogP contribution is -2.26. The van der Waals surface area contributed by atoms with Crippen molar-refractivity contribution in [1.29, 1.82) is 0 Å². The second-order valence-corrected chi connectivity index (χ2v) is 9.31. The topological polar surface area (TPSA) is 37.3 Å². The lowest BCUT2D eigenvalue weighted by atomic mass is 9.68. The quantitative estimate of drug-likeness (QED) is 0.444. The van der Waals surface area contributed by atoms with Gasteiger partial charge >= 0.3 is 5.97 Å². The Hall–Kier alpha value is -2.61. The monoisotopic (exact) mass is 462 g/mol. The van der Waals surface area contributed by atoms with E-state index in [2.05, 4.69) is 58.0 Å². The van der Waals surface area contributed by atoms with Gasteiger partial charge in [-0.05, 0) is 78.3 Å². The predicted octanol–water partition coefficient (Wildman–Crippen LogP) is 9.62. The first kappa shape index (κ1) is 29.4. The molecular weight excluding hydrogens is 416 g/mol. The maximum absolute atomic E-state index is 11.4. The van der Waals surface area contributed by atoms with Crippen molar-refractivity contribution in [2.45, 2.75) is 87.5 Å². The minimum Gasteiger partial charge on any atom is -0.478 e. The van der Waals surface area contributed by atoms with Gasteiger partial charge in [0.2, 0.25) is 0 Å². The number of carboxylic acid groups (broad SMARTS) is 1. The van der Waals surface area contributed by atoms with E-state index >= 15 is 0 Å². The van der Waals surface area contributed by atoms with Crippen LogP contribution in [0.2, 0.25) is 0 Å². The second-order valence-electron chi connectivity index (χ2n) is 9.31. The van der Waals surface area contributed by atoms with E-state index in [4.69, 9.17) is 0 Å². The van der Waals surface area contributed by atoms with E-state index in [1.807, 2.05) is 45.9 Å². The van der Waals surface area contributed by atoms with Crippen molar-refractivity contribution < 1.29 is 9.90 Å². The van der Waals surface area contributed by atoms with Crippen LogP contribution in [0.1, 0.15) is 103 Å². The lowest BCUT2D eigenvalue weighted by Gasteiger charge is -2.37. The van der Waals surface area contributed by atoms with E-state index in [1.54, 1.807) is 12.1 Å². The summed E-state index contributed by atoms with van der Waals surface area (Å²) in [5, 5.41) is 9.36. The molecule has 0 heterocycles. The summed E-state index contributed by atoms with van der Waals surface area (Å²) in [5.74, 6) is -0.178. The van der Waals surface area contributed by atoms with Gasteiger partial charge in [0, 0.05) is 0 Å². The van der Waals surface area contributed by atoms with Crippen LogP contribution in [-0.2, 0) is 6.42 Å². The van der Waals surface area contributed by atoms with Gasteiger partial charge < -0.3 is 5.11 Å². The molecule has 0 amide bonds. The first-order valence-electron chi connectivity index (χ1n) is 13.1. The van der Waals surface area contributed by atoms with Crippen LogP contribution < -0.4 is 0 Å². The highest BCUT2D eigenvalue weighted by atomic mass is 16.4. The van der Waals surface area contributed by atoms with Crippen molar-refractivity contribution in [2.24, 2.45) is 11.3 Å². The molecule has 0 radical (unpaired) electrons. The maximum atomic E-state index is 11.4. The molecule has 0 aromatic heterocycles. The van der Waals surface area contributed by atoms with Gasteiger partial charge in [0.05, 0.1) is 5.56 Å². The van der Waals surface area contributed by atoms with Crippen molar-refractivity contribution in [2.75, 3.05) is 0 Å². The lowest BCUT2D eigenvalue weighted by molar-refractivity contribution is 0.0696. The smallest absolute Gasteiger partial charge is 0.335 e. The average Bonchev–Trinajstić information content (AvgIpc) is 2.88. The molecule has 2 nitrogen and oxygen atoms in total. The Labute approximate surface area is 208 Å². The van der Waals surface area contributed by atoms with Crippen LogP contribution in [0.3, 0.4) is 0 Å². The van der Waals surface area contributed by atoms with Crippen molar-refractivity contribution in [1.82, 2.24) is 0 Å². The molecule has 2 aromatic carbocycles. The minimum atomic E-state index is -0.877. The number of carboxylic acids is 1. The highest BCUT2D eigenvalue weighted by Gasteiger charge is 2.30. The minimum absolute atomic E-state index is 0.345. The maximum Gasteiger partial charge on any atom is 0.335 e. The molecule has 1 atom stereocenters. The van der Waals surface area contributed by atoms with Gasteiger partial charge in [-0.15, -0.1) is 0 Å². The zero-order valence-corrected chi connectivity index (χ0v) is 22.7. The number of hydrogen-bond acceptors (Lipinski definition) is 1. The third-order valence-corrected chi connectivity index (χ3v) is 6.96. The summed E-state index contributed by atoms with van der Waals surface area (Å²) in [4.78, 5) is 11.4. The largest absolute Gasteiger partial charge is 0.478 e. The first-order chi connectivity index (χ1) is 16.3. The number of aromatic carboxylic acids is 1. The van der Waals surface area contributed by atoms with Gasteiger partial charge in [0.1, 0.15) is 0 Å². The Bertz CT molecular complexity index is 948. The van der Waals surface area contributed by atoms with Gasteiger partial charge in [-0.2, -0.15) is 0 Å². The van der Waals surface area contributed by atoms with Crippen molar-refractivity contribution in [3.8, 4) is 0 Å². The van der Waals surface area contributed by atoms with Crippen LogP contribution in [-0.4, -0.2) is 11.1 Å². The van der Waals surface area contributed by atoms with Gasteiger partial charge in [-0.3, -0.25) is 0 Å². The Morgan fingerprint density at radius 2 is 1.62 bits per heavy atom. The number of hydrogen-bond donors (Lipinski definition) is 1. The van der Waals surface area contributed by atoms with Gasteiger partial charge in [0.15, 0.2) is 0 Å². The van der Waals surface area contributed by atoms with Gasteiger partial charge in [-0.1, -0.05) is 109 Å². The fourth-order valence-corrected chi connectivity index (χ4v) is 4.36. The molecule has 1 aliphatic carbocycles. The molecule has 0 fully saturated rings. The fourth-order valence-electron chi connectivity index (χ4n) is 4.36. The van der Waals surface area contributed by atoms with E-state index < -0.39 is 5.97 Å². The molecule has 0 aliphatic heterocycles. The number of rotatable bonds is 7. The summed E-state index contributed by atoms with van der Waals surface area (Å²) < 4.78 is 0. The fraction of sp³-hybridized carbons (Fsp3) is 0.469. The second kappa shape index (κ2) is 14.6. The van der Waals surface area contributed by atoms with Gasteiger partial charge in [0.25, 0.3) is 0 Å². The molecule has 0 saturated carbocycles. The number of allylic oxidation sites excluding steroid dienone is 4. The zero-order chi connectivity index (χ0) is 25.7. The molecule has 2 heteroatoms. The van der Waals surface area contributed by atoms with E-state index in [0.29, 0.717) is 16.9 Å². The Kier molecular flexibility index (Phi) is 12.6. The summed E-state index contributed by atoms with van der Waals surface area (Å²) in [7, 11) is 0. The zero-order valence-electron chi connectivity index (χ0n) is 22.7. The molecule has 1 N–H and O–H groups in total. The van der Waals surface area contributed by atoms with E-state index in [9.17, 15) is 9.90 Å². The molecule has 0 bridgehead atoms. The summed E-state index contributed by atoms with van der Waals surface area (Å²) in [6.45, 7) is 17.4. The molecule has 34 heavy (non-hydrogen) atoms. The van der Waals surface area contributed by atoms with E-state index in [0.717, 1.165) is 24.8 Å². The molecule has 2 aromatic rings. The van der Waals surface area contributed by atoms with E-state index in [1.165, 1.54) is 35.1 Å². The predicted molar refractivity (Wildman–Crippen MR) is 148 cm³/mol. The first-order valence-corrected chi connectivity index (χ1v) is 13.1. The molecule has 0 saturated heterocycles. The third kappa shape index (κ3) is 8.31. The highest BCUT2D eigenvalue weighted by Crippen LogP contribution is 2.43. The molecule has 186 valence electrons. The van der Waals surface area contributed by atoms with Crippen LogP contribution in [0.5, 0.6) is 0 Å². The molecule has 3 rings (SSSR count). The standard InChI is InChI=1S/C28H34O2.2C2H6/c1-5-28(3,4)26-15-14-20(2)24(19-26)18-25(22-11-7-6-8-12-22)17-21-10-9-13-23(16-21)27(29)30;2*1-2/h6-13,16,18,26H,5,14-15,17,19H2,1-4H3,(H,29,30);2*1-2H3/b25-18+;;. The summed E-state index contributed by atoms with van der Waals surface area (Å²) >= 11 is 0. The van der Waals surface area contributed by atoms with Crippen molar-refractivity contribution >= 4 is 11.5 Å². The van der Waals surface area contributed by atoms with Crippen molar-refractivity contribution in [3.05, 3.63) is 88.5 Å². The number of carbonyl (C=O) groups is 1. The normalized spacial score (nSPS) is 16.1. The summed E-state index contributed by atoms with van der Waals surface area (Å²) in [6.07, 6.45) is 7.86. The van der Waals surface area contributed by atoms with E-state index in [-0.39, 0.29) is 0 Å². The molecule has 0 spiro atoms. The van der Waals surface area contributed by atoms with Crippen LogP contribution >= 0.6 is 0 Å². The summed E-state index contributed by atoms with van der Waals surface area (Å²) in [6, 6.07) is 17.8. The van der Waals surface area contributed by atoms with Crippen LogP contribution in [0.25, 0.3) is 5.57 Å². The molecule has 1 aliphatic rings. The average molecular weight is 463 g/mol. The Morgan fingerprint density at radius 3 is 2.21 bits per heavy atom.